The lowest BCUT2D eigenvalue weighted by molar-refractivity contribution is 0.0242. The van der Waals surface area contributed by atoms with E-state index in [0.717, 1.165) is 16.0 Å². The molecule has 3 rings (SSSR count). The number of ether oxygens (including phenoxy) is 2. The summed E-state index contributed by atoms with van der Waals surface area (Å²) in [5.74, 6) is 0.378. The minimum atomic E-state index is -0.993. The number of hydrogen-bond donors (Lipinski definition) is 0. The van der Waals surface area contributed by atoms with Crippen LogP contribution in [0.25, 0.3) is 0 Å². The van der Waals surface area contributed by atoms with E-state index in [1.165, 1.54) is 0 Å². The van der Waals surface area contributed by atoms with Crippen molar-refractivity contribution in [1.82, 2.24) is 4.90 Å². The van der Waals surface area contributed by atoms with Crippen LogP contribution in [0, 0.1) is 6.92 Å². The second kappa shape index (κ2) is 7.82. The fourth-order valence-electron chi connectivity index (χ4n) is 3.06. The highest BCUT2D eigenvalue weighted by molar-refractivity contribution is 5.92. The van der Waals surface area contributed by atoms with Crippen LogP contribution in [0.4, 0.5) is 9.59 Å². The van der Waals surface area contributed by atoms with Gasteiger partial charge < -0.3 is 9.47 Å². The van der Waals surface area contributed by atoms with Crippen molar-refractivity contribution < 1.29 is 19.1 Å². The van der Waals surface area contributed by atoms with Gasteiger partial charge in [-0.05, 0) is 45.4 Å². The van der Waals surface area contributed by atoms with Crippen LogP contribution < -0.4 is 4.74 Å². The Hall–Kier alpha value is -2.82. The number of hydrogen-bond acceptors (Lipinski definition) is 4. The molecular weight excluding hydrogens is 342 g/mol. The molecule has 5 nitrogen and oxygen atoms in total. The van der Waals surface area contributed by atoms with Gasteiger partial charge in [-0.1, -0.05) is 61.9 Å². The van der Waals surface area contributed by atoms with E-state index in [-0.39, 0.29) is 0 Å². The number of benzene rings is 2. The van der Waals surface area contributed by atoms with Gasteiger partial charge in [0.25, 0.3) is 0 Å². The molecule has 1 fully saturated rings. The molecule has 0 aromatic heterocycles. The first-order valence-corrected chi connectivity index (χ1v) is 9.13. The minimum absolute atomic E-state index is 0.378. The highest BCUT2D eigenvalue weighted by Crippen LogP contribution is 2.46. The fraction of sp³-hybridized carbons (Fsp3) is 0.364. The third-order valence-corrected chi connectivity index (χ3v) is 4.89. The van der Waals surface area contributed by atoms with Gasteiger partial charge >= 0.3 is 12.2 Å². The molecule has 0 N–H and O–H groups in total. The average molecular weight is 369 g/mol. The van der Waals surface area contributed by atoms with Gasteiger partial charge in [0.1, 0.15) is 16.9 Å². The summed E-state index contributed by atoms with van der Waals surface area (Å²) in [6.45, 7) is 11.3. The van der Waals surface area contributed by atoms with Crippen molar-refractivity contribution in [3.05, 3.63) is 65.7 Å². The highest BCUT2D eigenvalue weighted by atomic mass is 16.6. The molecule has 1 atom stereocenters. The topological polar surface area (TPSA) is 55.8 Å². The van der Waals surface area contributed by atoms with Crippen LogP contribution in [0.2, 0.25) is 0 Å². The van der Waals surface area contributed by atoms with Gasteiger partial charge in [0, 0.05) is 0 Å². The van der Waals surface area contributed by atoms with Crippen molar-refractivity contribution >= 4 is 12.2 Å². The number of cyclic esters (lactones) is 1. The molecule has 0 spiro atoms. The zero-order valence-electron chi connectivity index (χ0n) is 16.8. The molecule has 1 saturated heterocycles. The van der Waals surface area contributed by atoms with Crippen molar-refractivity contribution in [1.29, 1.82) is 0 Å². The number of aryl methyl sites for hydroxylation is 1. The average Bonchev–Trinajstić information content (AvgIpc) is 2.84. The first-order valence-electron chi connectivity index (χ1n) is 9.13. The van der Waals surface area contributed by atoms with Gasteiger partial charge in [-0.25, -0.2) is 9.59 Å². The Morgan fingerprint density at radius 3 is 2.07 bits per heavy atom. The summed E-state index contributed by atoms with van der Waals surface area (Å²) >= 11 is 0. The first kappa shape index (κ1) is 20.5. The Kier molecular flexibility index (Phi) is 5.94. The van der Waals surface area contributed by atoms with E-state index in [9.17, 15) is 9.59 Å². The quantitative estimate of drug-likeness (QED) is 0.685. The number of nitrogens with zero attached hydrogens (tertiary/aromatic N) is 1. The second-order valence-corrected chi connectivity index (χ2v) is 6.83. The summed E-state index contributed by atoms with van der Waals surface area (Å²) in [6.07, 6.45) is -1.47. The van der Waals surface area contributed by atoms with Crippen LogP contribution in [-0.2, 0) is 10.3 Å². The summed E-state index contributed by atoms with van der Waals surface area (Å²) in [4.78, 5) is 26.3. The van der Waals surface area contributed by atoms with Crippen LogP contribution in [0.1, 0.15) is 45.7 Å². The first-order chi connectivity index (χ1) is 12.8. The van der Waals surface area contributed by atoms with Crippen molar-refractivity contribution in [3.63, 3.8) is 0 Å². The highest BCUT2D eigenvalue weighted by Gasteiger charge is 2.61. The zero-order valence-corrected chi connectivity index (χ0v) is 16.8. The summed E-state index contributed by atoms with van der Waals surface area (Å²) in [5.41, 5.74) is -0.0486. The maximum absolute atomic E-state index is 12.8. The SMILES string of the molecule is CC.Cc1ccc(OC(=O)N2C(=O)OC(C)(C)[C@]2(C)c2ccccc2)cc1. The van der Waals surface area contributed by atoms with Gasteiger partial charge in [0.15, 0.2) is 0 Å². The van der Waals surface area contributed by atoms with Crippen molar-refractivity contribution in [3.8, 4) is 5.75 Å². The third kappa shape index (κ3) is 3.68. The summed E-state index contributed by atoms with van der Waals surface area (Å²) in [7, 11) is 0. The van der Waals surface area contributed by atoms with E-state index in [1.807, 2.05) is 70.2 Å². The molecule has 2 aromatic carbocycles. The molecule has 1 aliphatic rings. The molecule has 2 amide bonds. The Morgan fingerprint density at radius 1 is 0.963 bits per heavy atom. The van der Waals surface area contributed by atoms with Crippen molar-refractivity contribution in [2.75, 3.05) is 0 Å². The van der Waals surface area contributed by atoms with Crippen LogP contribution in [0.3, 0.4) is 0 Å². The van der Waals surface area contributed by atoms with E-state index in [1.54, 1.807) is 26.0 Å². The van der Waals surface area contributed by atoms with E-state index >= 15 is 0 Å². The van der Waals surface area contributed by atoms with Gasteiger partial charge in [-0.15, -0.1) is 0 Å². The molecular formula is C22H27NO4. The summed E-state index contributed by atoms with van der Waals surface area (Å²) < 4.78 is 10.9. The zero-order chi connectivity index (χ0) is 20.2. The Balaban J connectivity index is 0.00000126. The second-order valence-electron chi connectivity index (χ2n) is 6.83. The lowest BCUT2D eigenvalue weighted by atomic mass is 9.78. The molecule has 27 heavy (non-hydrogen) atoms. The van der Waals surface area contributed by atoms with Gasteiger partial charge in [-0.2, -0.15) is 4.90 Å². The molecule has 1 heterocycles. The number of carbonyl (C=O) groups is 2. The molecule has 0 unspecified atom stereocenters. The predicted molar refractivity (Wildman–Crippen MR) is 105 cm³/mol. The summed E-state index contributed by atoms with van der Waals surface area (Å²) in [6, 6.07) is 16.4. The van der Waals surface area contributed by atoms with Crippen LogP contribution in [0.15, 0.2) is 54.6 Å². The van der Waals surface area contributed by atoms with Gasteiger partial charge in [0.2, 0.25) is 0 Å². The number of amides is 2. The van der Waals surface area contributed by atoms with Gasteiger partial charge in [0.05, 0.1) is 0 Å². The molecule has 0 bridgehead atoms. The molecule has 2 aromatic rings. The maximum Gasteiger partial charge on any atom is 0.425 e. The lowest BCUT2D eigenvalue weighted by Gasteiger charge is -2.38. The predicted octanol–water partition coefficient (Wildman–Crippen LogP) is 5.67. The Labute approximate surface area is 160 Å². The van der Waals surface area contributed by atoms with Crippen molar-refractivity contribution in [2.45, 2.75) is 52.7 Å². The number of rotatable bonds is 2. The van der Waals surface area contributed by atoms with Crippen LogP contribution >= 0.6 is 0 Å². The Bertz CT molecular complexity index is 799. The number of imide groups is 1. The standard InChI is InChI=1S/C20H21NO4.C2H6/c1-14-10-12-16(13-11-14)24-17(22)21-18(23)25-19(2,3)20(21,4)15-8-6-5-7-9-15;1-2/h5-13H,1-4H3;1-2H3/t20-;/m0./s1. The Morgan fingerprint density at radius 2 is 1.52 bits per heavy atom. The maximum atomic E-state index is 12.8. The largest absolute Gasteiger partial charge is 0.440 e. The van der Waals surface area contributed by atoms with Crippen molar-refractivity contribution in [2.24, 2.45) is 0 Å². The molecule has 5 heteroatoms. The minimum Gasteiger partial charge on any atom is -0.440 e. The molecule has 0 radical (unpaired) electrons. The smallest absolute Gasteiger partial charge is 0.425 e. The molecule has 144 valence electrons. The summed E-state index contributed by atoms with van der Waals surface area (Å²) in [5, 5.41) is 0. The fourth-order valence-corrected chi connectivity index (χ4v) is 3.06. The lowest BCUT2D eigenvalue weighted by Crippen LogP contribution is -2.53. The van der Waals surface area contributed by atoms with E-state index < -0.39 is 23.3 Å². The van der Waals surface area contributed by atoms with Crippen LogP contribution in [0.5, 0.6) is 5.75 Å². The molecule has 1 aliphatic heterocycles. The van der Waals surface area contributed by atoms with E-state index in [0.29, 0.717) is 5.75 Å². The number of carbonyl (C=O) groups excluding carboxylic acids is 2. The third-order valence-electron chi connectivity index (χ3n) is 4.89. The monoisotopic (exact) mass is 369 g/mol. The molecule has 0 saturated carbocycles. The van der Waals surface area contributed by atoms with Crippen LogP contribution in [-0.4, -0.2) is 22.7 Å². The normalized spacial score (nSPS) is 20.4. The van der Waals surface area contributed by atoms with E-state index in [2.05, 4.69) is 0 Å². The van der Waals surface area contributed by atoms with E-state index in [4.69, 9.17) is 9.47 Å². The molecule has 0 aliphatic carbocycles. The van der Waals surface area contributed by atoms with Gasteiger partial charge in [-0.3, -0.25) is 0 Å².